The molecule has 178 valence electrons. The number of ether oxygens (including phenoxy) is 2. The molecule has 0 aliphatic carbocycles. The van der Waals surface area contributed by atoms with Crippen LogP contribution in [0.5, 0.6) is 11.5 Å². The molecule has 0 bridgehead atoms. The fraction of sp³-hybridized carbons (Fsp3) is 0.120. The number of carbonyl (C=O) groups excluding carboxylic acids is 2. The molecule has 1 aliphatic heterocycles. The number of nitro benzene ring substituents is 1. The molecule has 0 radical (unpaired) electrons. The van der Waals surface area contributed by atoms with Gasteiger partial charge in [-0.25, -0.2) is 0 Å². The highest BCUT2D eigenvalue weighted by Crippen LogP contribution is 2.34. The number of hydrogen-bond donors (Lipinski definition) is 0. The molecule has 10 heteroatoms. The Hall–Kier alpha value is -3.82. The first-order chi connectivity index (χ1) is 16.9. The number of hydrogen-bond acceptors (Lipinski definition) is 7. The Morgan fingerprint density at radius 1 is 1.00 bits per heavy atom. The van der Waals surface area contributed by atoms with Gasteiger partial charge in [-0.1, -0.05) is 35.9 Å². The highest BCUT2D eigenvalue weighted by Gasteiger charge is 2.34. The normalized spacial score (nSPS) is 14.4. The number of non-ortho nitro benzene ring substituents is 1. The lowest BCUT2D eigenvalue weighted by Gasteiger charge is -2.13. The van der Waals surface area contributed by atoms with Crippen LogP contribution in [0.1, 0.15) is 11.1 Å². The van der Waals surface area contributed by atoms with Crippen molar-refractivity contribution in [2.75, 3.05) is 13.2 Å². The first-order valence-electron chi connectivity index (χ1n) is 10.5. The van der Waals surface area contributed by atoms with Crippen molar-refractivity contribution in [3.63, 3.8) is 0 Å². The van der Waals surface area contributed by atoms with Crippen LogP contribution in [-0.2, 0) is 11.4 Å². The van der Waals surface area contributed by atoms with Gasteiger partial charge in [0.05, 0.1) is 21.4 Å². The average Bonchev–Trinajstić information content (AvgIpc) is 3.11. The van der Waals surface area contributed by atoms with Crippen LogP contribution in [0.25, 0.3) is 6.08 Å². The molecule has 1 heterocycles. The number of thioether (sulfide) groups is 1. The van der Waals surface area contributed by atoms with Crippen LogP contribution in [0.2, 0.25) is 5.02 Å². The standard InChI is InChI=1S/C25H19ClN2O6S/c26-21-14-18(8-11-22(21)34-16-17-6-9-19(10-7-17)28(31)32)15-23-24(29)27(25(30)35-23)12-13-33-20-4-2-1-3-5-20/h1-11,14-15H,12-13,16H2/b23-15-. The lowest BCUT2D eigenvalue weighted by atomic mass is 10.2. The number of nitro groups is 1. The van der Waals surface area contributed by atoms with E-state index in [0.717, 1.165) is 22.2 Å². The van der Waals surface area contributed by atoms with Gasteiger partial charge in [0.25, 0.3) is 16.8 Å². The van der Waals surface area contributed by atoms with E-state index in [-0.39, 0.29) is 36.6 Å². The summed E-state index contributed by atoms with van der Waals surface area (Å²) < 4.78 is 11.3. The van der Waals surface area contributed by atoms with E-state index in [9.17, 15) is 19.7 Å². The van der Waals surface area contributed by atoms with Crippen molar-refractivity contribution in [2.24, 2.45) is 0 Å². The third-order valence-electron chi connectivity index (χ3n) is 5.00. The third kappa shape index (κ3) is 6.20. The molecule has 3 aromatic rings. The lowest BCUT2D eigenvalue weighted by Crippen LogP contribution is -2.32. The quantitative estimate of drug-likeness (QED) is 0.199. The highest BCUT2D eigenvalue weighted by atomic mass is 35.5. The van der Waals surface area contributed by atoms with Crippen LogP contribution in [0.15, 0.2) is 77.7 Å². The fourth-order valence-corrected chi connectivity index (χ4v) is 4.32. The van der Waals surface area contributed by atoms with Crippen molar-refractivity contribution in [1.82, 2.24) is 4.90 Å². The molecule has 0 spiro atoms. The maximum Gasteiger partial charge on any atom is 0.293 e. The Kier molecular flexibility index (Phi) is 7.69. The van der Waals surface area contributed by atoms with E-state index in [1.54, 1.807) is 48.5 Å². The zero-order chi connectivity index (χ0) is 24.8. The van der Waals surface area contributed by atoms with Gasteiger partial charge in [0, 0.05) is 12.1 Å². The second-order valence-electron chi connectivity index (χ2n) is 7.40. The van der Waals surface area contributed by atoms with Crippen molar-refractivity contribution in [1.29, 1.82) is 0 Å². The predicted molar refractivity (Wildman–Crippen MR) is 133 cm³/mol. The summed E-state index contributed by atoms with van der Waals surface area (Å²) >= 11 is 7.20. The fourth-order valence-electron chi connectivity index (χ4n) is 3.21. The van der Waals surface area contributed by atoms with Crippen LogP contribution >= 0.6 is 23.4 Å². The number of amides is 2. The summed E-state index contributed by atoms with van der Waals surface area (Å²) in [6, 6.07) is 20.2. The largest absolute Gasteiger partial charge is 0.492 e. The molecule has 3 aromatic carbocycles. The van der Waals surface area contributed by atoms with E-state index in [1.807, 2.05) is 18.2 Å². The maximum absolute atomic E-state index is 12.7. The number of benzene rings is 3. The average molecular weight is 511 g/mol. The smallest absolute Gasteiger partial charge is 0.293 e. The van der Waals surface area contributed by atoms with E-state index in [0.29, 0.717) is 27.0 Å². The second kappa shape index (κ2) is 11.1. The van der Waals surface area contributed by atoms with Gasteiger partial charge in [-0.2, -0.15) is 0 Å². The van der Waals surface area contributed by atoms with Gasteiger partial charge in [-0.3, -0.25) is 24.6 Å². The number of halogens is 1. The van der Waals surface area contributed by atoms with E-state index in [1.165, 1.54) is 12.1 Å². The van der Waals surface area contributed by atoms with Crippen molar-refractivity contribution in [2.45, 2.75) is 6.61 Å². The maximum atomic E-state index is 12.7. The van der Waals surface area contributed by atoms with E-state index in [2.05, 4.69) is 0 Å². The Labute approximate surface area is 210 Å². The van der Waals surface area contributed by atoms with Gasteiger partial charge in [0.1, 0.15) is 24.7 Å². The summed E-state index contributed by atoms with van der Waals surface area (Å²) in [4.78, 5) is 36.8. The van der Waals surface area contributed by atoms with Crippen LogP contribution in [0.4, 0.5) is 10.5 Å². The summed E-state index contributed by atoms with van der Waals surface area (Å²) in [5.74, 6) is 0.708. The van der Waals surface area contributed by atoms with E-state index in [4.69, 9.17) is 21.1 Å². The van der Waals surface area contributed by atoms with Crippen molar-refractivity contribution >= 4 is 46.3 Å². The highest BCUT2D eigenvalue weighted by molar-refractivity contribution is 8.18. The Balaban J connectivity index is 1.35. The van der Waals surface area contributed by atoms with E-state index < -0.39 is 4.92 Å². The van der Waals surface area contributed by atoms with Gasteiger partial charge in [-0.15, -0.1) is 0 Å². The summed E-state index contributed by atoms with van der Waals surface area (Å²) in [5.41, 5.74) is 1.40. The minimum atomic E-state index is -0.465. The SMILES string of the molecule is O=C1S/C(=C\c2ccc(OCc3ccc([N+](=O)[O-])cc3)c(Cl)c2)C(=O)N1CCOc1ccccc1. The number of nitrogens with zero attached hydrogens (tertiary/aromatic N) is 2. The molecule has 1 saturated heterocycles. The van der Waals surface area contributed by atoms with Gasteiger partial charge in [0.15, 0.2) is 0 Å². The van der Waals surface area contributed by atoms with Gasteiger partial charge in [-0.05, 0) is 65.4 Å². The van der Waals surface area contributed by atoms with E-state index >= 15 is 0 Å². The molecule has 4 rings (SSSR count). The lowest BCUT2D eigenvalue weighted by molar-refractivity contribution is -0.384. The number of para-hydroxylation sites is 1. The third-order valence-corrected chi connectivity index (χ3v) is 6.20. The second-order valence-corrected chi connectivity index (χ2v) is 8.80. The molecule has 1 aliphatic rings. The molecule has 0 aromatic heterocycles. The Morgan fingerprint density at radius 2 is 1.74 bits per heavy atom. The van der Waals surface area contributed by atoms with Crippen LogP contribution < -0.4 is 9.47 Å². The summed E-state index contributed by atoms with van der Waals surface area (Å²) in [5, 5.41) is 10.7. The van der Waals surface area contributed by atoms with Gasteiger partial charge in [0.2, 0.25) is 0 Å². The first kappa shape index (κ1) is 24.3. The minimum absolute atomic E-state index is 0.00395. The summed E-state index contributed by atoms with van der Waals surface area (Å²) in [7, 11) is 0. The molecule has 35 heavy (non-hydrogen) atoms. The molecule has 0 unspecified atom stereocenters. The minimum Gasteiger partial charge on any atom is -0.492 e. The molecule has 1 fully saturated rings. The summed E-state index contributed by atoms with van der Waals surface area (Å²) in [6.07, 6.45) is 1.61. The first-order valence-corrected chi connectivity index (χ1v) is 11.7. The van der Waals surface area contributed by atoms with Crippen LogP contribution in [0, 0.1) is 10.1 Å². The molecular formula is C25H19ClN2O6S. The van der Waals surface area contributed by atoms with Gasteiger partial charge >= 0.3 is 0 Å². The molecule has 0 saturated carbocycles. The summed E-state index contributed by atoms with van der Waals surface area (Å²) in [6.45, 7) is 0.524. The molecular weight excluding hydrogens is 492 g/mol. The molecule has 8 nitrogen and oxygen atoms in total. The number of carbonyl (C=O) groups is 2. The van der Waals surface area contributed by atoms with Crippen molar-refractivity contribution in [3.05, 3.63) is 104 Å². The molecule has 0 N–H and O–H groups in total. The topological polar surface area (TPSA) is 99.0 Å². The zero-order valence-electron chi connectivity index (χ0n) is 18.3. The predicted octanol–water partition coefficient (Wildman–Crippen LogP) is 5.94. The molecule has 2 amide bonds. The van der Waals surface area contributed by atoms with Crippen LogP contribution in [-0.4, -0.2) is 34.1 Å². The monoisotopic (exact) mass is 510 g/mol. The van der Waals surface area contributed by atoms with Crippen molar-refractivity contribution < 1.29 is 24.0 Å². The van der Waals surface area contributed by atoms with Crippen LogP contribution in [0.3, 0.4) is 0 Å². The number of imide groups is 1. The molecule has 0 atom stereocenters. The number of rotatable bonds is 9. The van der Waals surface area contributed by atoms with Gasteiger partial charge < -0.3 is 9.47 Å². The zero-order valence-corrected chi connectivity index (χ0v) is 19.8. The van der Waals surface area contributed by atoms with Crippen molar-refractivity contribution in [3.8, 4) is 11.5 Å². The Bertz CT molecular complexity index is 1280. The Morgan fingerprint density at radius 3 is 2.43 bits per heavy atom.